The number of Topliss-reactive ketones (excluding diaryl/α,β-unsaturated/α-hetero) is 1. The van der Waals surface area contributed by atoms with E-state index >= 15 is 0 Å². The minimum Gasteiger partial charge on any atom is -0.481 e. The number of hydrogen-bond donors (Lipinski definition) is 1. The lowest BCUT2D eigenvalue weighted by molar-refractivity contribution is -0.143. The normalized spacial score (nSPS) is 12.1. The fourth-order valence-electron chi connectivity index (χ4n) is 1.88. The molecule has 0 unspecified atom stereocenters. The average Bonchev–Trinajstić information content (AvgIpc) is 2.86. The number of halogens is 2. The van der Waals surface area contributed by atoms with Crippen LogP contribution in [0.3, 0.4) is 0 Å². The minimum atomic E-state index is -0.972. The molecule has 0 saturated carbocycles. The maximum Gasteiger partial charge on any atom is 0.306 e. The first kappa shape index (κ1) is 16.9. The third-order valence-corrected chi connectivity index (χ3v) is 4.52. The molecule has 2 rings (SSSR count). The van der Waals surface area contributed by atoms with Crippen LogP contribution in [0.25, 0.3) is 10.6 Å². The number of carbonyl (C=O) groups is 2. The number of nitrogens with zero attached hydrogens (tertiary/aromatic N) is 1. The van der Waals surface area contributed by atoms with Crippen LogP contribution in [0.1, 0.15) is 19.0 Å². The quantitative estimate of drug-likeness (QED) is 0.834. The highest BCUT2D eigenvalue weighted by Gasteiger charge is 2.17. The molecule has 0 radical (unpaired) electrons. The van der Waals surface area contributed by atoms with E-state index < -0.39 is 11.9 Å². The van der Waals surface area contributed by atoms with Gasteiger partial charge in [0.1, 0.15) is 10.8 Å². The molecule has 0 bridgehead atoms. The second kappa shape index (κ2) is 7.22. The molecule has 0 aliphatic heterocycles. The second-order valence-corrected chi connectivity index (χ2v) is 6.63. The molecule has 1 N–H and O–H groups in total. The molecule has 1 aromatic carbocycles. The van der Waals surface area contributed by atoms with Gasteiger partial charge in [-0.3, -0.25) is 9.59 Å². The molecule has 1 atom stereocenters. The topological polar surface area (TPSA) is 67.3 Å². The zero-order chi connectivity index (χ0) is 16.3. The summed E-state index contributed by atoms with van der Waals surface area (Å²) in [6.07, 6.45) is 0.128. The minimum absolute atomic E-state index is 0.00386. The first-order valence-electron chi connectivity index (χ1n) is 6.51. The fourth-order valence-corrected chi connectivity index (χ4v) is 3.29. The Morgan fingerprint density at radius 1 is 1.36 bits per heavy atom. The van der Waals surface area contributed by atoms with Gasteiger partial charge in [0.05, 0.1) is 16.6 Å². The summed E-state index contributed by atoms with van der Waals surface area (Å²) in [4.78, 5) is 27.0. The third kappa shape index (κ3) is 4.29. The maximum atomic E-state index is 11.8. The van der Waals surface area contributed by atoms with Gasteiger partial charge in [-0.2, -0.15) is 0 Å². The van der Waals surface area contributed by atoms with Gasteiger partial charge in [-0.25, -0.2) is 4.98 Å². The SMILES string of the molecule is C[C@H](CC(=O)Cc1csc(-c2ccc(Cl)cc2Cl)n1)C(=O)O. The molecule has 1 aromatic heterocycles. The van der Waals surface area contributed by atoms with Crippen molar-refractivity contribution in [1.29, 1.82) is 0 Å². The number of aliphatic carboxylic acids is 1. The predicted molar refractivity (Wildman–Crippen MR) is 87.7 cm³/mol. The first-order valence-corrected chi connectivity index (χ1v) is 8.14. The van der Waals surface area contributed by atoms with Crippen molar-refractivity contribution in [1.82, 2.24) is 4.98 Å². The van der Waals surface area contributed by atoms with E-state index in [1.54, 1.807) is 23.6 Å². The van der Waals surface area contributed by atoms with Crippen molar-refractivity contribution in [3.63, 3.8) is 0 Å². The summed E-state index contributed by atoms with van der Waals surface area (Å²) in [7, 11) is 0. The van der Waals surface area contributed by atoms with Gasteiger partial charge in [0.2, 0.25) is 0 Å². The predicted octanol–water partition coefficient (Wildman–Crippen LogP) is 4.34. The lowest BCUT2D eigenvalue weighted by Crippen LogP contribution is -2.16. The van der Waals surface area contributed by atoms with Crippen molar-refractivity contribution in [2.24, 2.45) is 5.92 Å². The fraction of sp³-hybridized carbons (Fsp3) is 0.267. The van der Waals surface area contributed by atoms with Gasteiger partial charge in [0.25, 0.3) is 0 Å². The van der Waals surface area contributed by atoms with Crippen LogP contribution >= 0.6 is 34.5 Å². The number of carboxylic acids is 1. The van der Waals surface area contributed by atoms with Gasteiger partial charge in [-0.1, -0.05) is 30.1 Å². The zero-order valence-electron chi connectivity index (χ0n) is 11.7. The summed E-state index contributed by atoms with van der Waals surface area (Å²) in [6.45, 7) is 1.51. The third-order valence-electron chi connectivity index (χ3n) is 3.05. The van der Waals surface area contributed by atoms with Crippen molar-refractivity contribution in [3.05, 3.63) is 39.3 Å². The molecule has 0 amide bonds. The van der Waals surface area contributed by atoms with Gasteiger partial charge in [-0.15, -0.1) is 11.3 Å². The Bertz CT molecular complexity index is 715. The Labute approximate surface area is 141 Å². The van der Waals surface area contributed by atoms with Crippen LogP contribution in [0, 0.1) is 5.92 Å². The van der Waals surface area contributed by atoms with Crippen LogP contribution in [-0.4, -0.2) is 21.8 Å². The summed E-state index contributed by atoms with van der Waals surface area (Å²) in [5.41, 5.74) is 1.38. The summed E-state index contributed by atoms with van der Waals surface area (Å²) < 4.78 is 0. The van der Waals surface area contributed by atoms with Crippen molar-refractivity contribution >= 4 is 46.3 Å². The van der Waals surface area contributed by atoms with Crippen LogP contribution < -0.4 is 0 Å². The lowest BCUT2D eigenvalue weighted by Gasteiger charge is -2.03. The summed E-state index contributed by atoms with van der Waals surface area (Å²) in [6, 6.07) is 5.14. The number of hydrogen-bond acceptors (Lipinski definition) is 4. The van der Waals surface area contributed by atoms with E-state index in [0.717, 1.165) is 5.56 Å². The number of ketones is 1. The Kier molecular flexibility index (Phi) is 5.56. The van der Waals surface area contributed by atoms with Gasteiger partial charge >= 0.3 is 5.97 Å². The number of carboxylic acid groups (broad SMARTS) is 1. The number of benzene rings is 1. The number of rotatable bonds is 6. The standard InChI is InChI=1S/C15H13Cl2NO3S/c1-8(15(20)21)4-11(19)6-10-7-22-14(18-10)12-3-2-9(16)5-13(12)17/h2-3,5,7-8H,4,6H2,1H3,(H,20,21)/t8-/m1/s1. The van der Waals surface area contributed by atoms with E-state index in [2.05, 4.69) is 4.98 Å². The second-order valence-electron chi connectivity index (χ2n) is 4.93. The Morgan fingerprint density at radius 2 is 2.09 bits per heavy atom. The highest BCUT2D eigenvalue weighted by Crippen LogP contribution is 2.32. The average molecular weight is 358 g/mol. The molecule has 0 spiro atoms. The van der Waals surface area contributed by atoms with Gasteiger partial charge in [-0.05, 0) is 18.2 Å². The van der Waals surface area contributed by atoms with E-state index in [9.17, 15) is 9.59 Å². The number of thiazole rings is 1. The van der Waals surface area contributed by atoms with Crippen LogP contribution in [0.2, 0.25) is 10.0 Å². The van der Waals surface area contributed by atoms with Crippen molar-refractivity contribution in [2.45, 2.75) is 19.8 Å². The summed E-state index contributed by atoms with van der Waals surface area (Å²) >= 11 is 13.4. The molecule has 0 aliphatic rings. The maximum absolute atomic E-state index is 11.8. The number of aromatic nitrogens is 1. The van der Waals surface area contributed by atoms with E-state index in [1.807, 2.05) is 0 Å². The van der Waals surface area contributed by atoms with Gasteiger partial charge in [0, 0.05) is 28.8 Å². The highest BCUT2D eigenvalue weighted by molar-refractivity contribution is 7.13. The molecule has 0 aliphatic carbocycles. The summed E-state index contributed by atoms with van der Waals surface area (Å²) in [5.74, 6) is -1.80. The molecule has 22 heavy (non-hydrogen) atoms. The van der Waals surface area contributed by atoms with E-state index in [-0.39, 0.29) is 18.6 Å². The van der Waals surface area contributed by atoms with Crippen LogP contribution in [-0.2, 0) is 16.0 Å². The van der Waals surface area contributed by atoms with Crippen LogP contribution in [0.4, 0.5) is 0 Å². The van der Waals surface area contributed by atoms with Crippen LogP contribution in [0.15, 0.2) is 23.6 Å². The number of carbonyl (C=O) groups excluding carboxylic acids is 1. The molecule has 4 nitrogen and oxygen atoms in total. The van der Waals surface area contributed by atoms with E-state index in [1.165, 1.54) is 18.3 Å². The Balaban J connectivity index is 2.08. The van der Waals surface area contributed by atoms with E-state index in [0.29, 0.717) is 20.7 Å². The van der Waals surface area contributed by atoms with E-state index in [4.69, 9.17) is 28.3 Å². The smallest absolute Gasteiger partial charge is 0.306 e. The Morgan fingerprint density at radius 3 is 2.73 bits per heavy atom. The lowest BCUT2D eigenvalue weighted by atomic mass is 10.0. The molecule has 0 saturated heterocycles. The van der Waals surface area contributed by atoms with Crippen molar-refractivity contribution < 1.29 is 14.7 Å². The largest absolute Gasteiger partial charge is 0.481 e. The molecule has 0 fully saturated rings. The molecular formula is C15H13Cl2NO3S. The molecule has 116 valence electrons. The summed E-state index contributed by atoms with van der Waals surface area (Å²) in [5, 5.41) is 12.3. The molecular weight excluding hydrogens is 345 g/mol. The first-order chi connectivity index (χ1) is 10.4. The monoisotopic (exact) mass is 357 g/mol. The Hall–Kier alpha value is -1.43. The molecule has 1 heterocycles. The highest BCUT2D eigenvalue weighted by atomic mass is 35.5. The van der Waals surface area contributed by atoms with Gasteiger partial charge in [0.15, 0.2) is 0 Å². The van der Waals surface area contributed by atoms with Crippen molar-refractivity contribution in [3.8, 4) is 10.6 Å². The van der Waals surface area contributed by atoms with Gasteiger partial charge < -0.3 is 5.11 Å². The molecule has 2 aromatic rings. The molecule has 7 heteroatoms. The van der Waals surface area contributed by atoms with Crippen molar-refractivity contribution in [2.75, 3.05) is 0 Å². The zero-order valence-corrected chi connectivity index (χ0v) is 14.0. The van der Waals surface area contributed by atoms with Crippen LogP contribution in [0.5, 0.6) is 0 Å².